The van der Waals surface area contributed by atoms with Gasteiger partial charge in [-0.1, -0.05) is 26.0 Å². The molecule has 0 bridgehead atoms. The molecule has 0 radical (unpaired) electrons. The molecule has 0 heterocycles. The number of benzene rings is 2. The fourth-order valence-corrected chi connectivity index (χ4v) is 1.47. The second-order valence-electron chi connectivity index (χ2n) is 3.35. The van der Waals surface area contributed by atoms with Crippen molar-refractivity contribution in [1.29, 1.82) is 0 Å². The highest BCUT2D eigenvalue weighted by Crippen LogP contribution is 2.29. The fourth-order valence-electron chi connectivity index (χ4n) is 1.47. The summed E-state index contributed by atoms with van der Waals surface area (Å²) in [5.41, 5.74) is -0.984. The van der Waals surface area contributed by atoms with Crippen molar-refractivity contribution in [3.8, 4) is 11.1 Å². The maximum Gasteiger partial charge on any atom is 0.195 e. The van der Waals surface area contributed by atoms with Gasteiger partial charge in [0.15, 0.2) is 17.5 Å². The SMILES string of the molecule is CC.Fc1cccc(-c2c(F)cc(F)c(F)c2F)c1. The largest absolute Gasteiger partial charge is 0.207 e. The molecule has 19 heavy (non-hydrogen) atoms. The molecule has 0 aliphatic rings. The molecule has 5 heteroatoms. The lowest BCUT2D eigenvalue weighted by Crippen LogP contribution is -1.98. The highest BCUT2D eigenvalue weighted by molar-refractivity contribution is 5.65. The Labute approximate surface area is 107 Å². The second kappa shape index (κ2) is 6.31. The van der Waals surface area contributed by atoms with Gasteiger partial charge in [0.1, 0.15) is 11.6 Å². The van der Waals surface area contributed by atoms with Crippen molar-refractivity contribution in [2.24, 2.45) is 0 Å². The Morgan fingerprint density at radius 1 is 0.737 bits per heavy atom. The predicted molar refractivity (Wildman–Crippen MR) is 63.0 cm³/mol. The van der Waals surface area contributed by atoms with Crippen LogP contribution < -0.4 is 0 Å². The van der Waals surface area contributed by atoms with Crippen molar-refractivity contribution in [3.63, 3.8) is 0 Å². The summed E-state index contributed by atoms with van der Waals surface area (Å²) in [5, 5.41) is 0. The van der Waals surface area contributed by atoms with Gasteiger partial charge in [-0.15, -0.1) is 0 Å². The highest BCUT2D eigenvalue weighted by Gasteiger charge is 2.20. The van der Waals surface area contributed by atoms with Crippen LogP contribution in [0.2, 0.25) is 0 Å². The van der Waals surface area contributed by atoms with E-state index in [1.54, 1.807) is 0 Å². The van der Waals surface area contributed by atoms with E-state index in [1.807, 2.05) is 13.8 Å². The molecule has 2 aromatic carbocycles. The minimum Gasteiger partial charge on any atom is -0.207 e. The lowest BCUT2D eigenvalue weighted by atomic mass is 10.0. The van der Waals surface area contributed by atoms with Gasteiger partial charge < -0.3 is 0 Å². The molecule has 0 N–H and O–H groups in total. The third-order valence-corrected chi connectivity index (χ3v) is 2.23. The average molecular weight is 274 g/mol. The zero-order chi connectivity index (χ0) is 14.6. The lowest BCUT2D eigenvalue weighted by molar-refractivity contribution is 0.437. The third-order valence-electron chi connectivity index (χ3n) is 2.23. The zero-order valence-electron chi connectivity index (χ0n) is 10.3. The first kappa shape index (κ1) is 15.1. The molecule has 102 valence electrons. The van der Waals surface area contributed by atoms with Crippen LogP contribution in [-0.4, -0.2) is 0 Å². The van der Waals surface area contributed by atoms with Crippen molar-refractivity contribution >= 4 is 0 Å². The van der Waals surface area contributed by atoms with E-state index in [0.717, 1.165) is 12.1 Å². The summed E-state index contributed by atoms with van der Waals surface area (Å²) in [6.07, 6.45) is 0. The molecule has 0 fully saturated rings. The number of hydrogen-bond donors (Lipinski definition) is 0. The van der Waals surface area contributed by atoms with Crippen LogP contribution in [0.3, 0.4) is 0 Å². The van der Waals surface area contributed by atoms with Gasteiger partial charge in [-0.25, -0.2) is 22.0 Å². The smallest absolute Gasteiger partial charge is 0.195 e. The predicted octanol–water partition coefficient (Wildman–Crippen LogP) is 5.08. The molecule has 0 unspecified atom stereocenters. The molecule has 0 aliphatic carbocycles. The van der Waals surface area contributed by atoms with Crippen molar-refractivity contribution in [2.75, 3.05) is 0 Å². The average Bonchev–Trinajstić information content (AvgIpc) is 2.39. The van der Waals surface area contributed by atoms with Crippen LogP contribution in [0.1, 0.15) is 13.8 Å². The van der Waals surface area contributed by atoms with Crippen LogP contribution in [0.15, 0.2) is 30.3 Å². The van der Waals surface area contributed by atoms with Gasteiger partial charge in [0.2, 0.25) is 0 Å². The van der Waals surface area contributed by atoms with Crippen LogP contribution in [0.25, 0.3) is 11.1 Å². The molecule has 0 spiro atoms. The summed E-state index contributed by atoms with van der Waals surface area (Å²) in [5.74, 6) is -7.10. The second-order valence-corrected chi connectivity index (χ2v) is 3.35. The number of rotatable bonds is 1. The third kappa shape index (κ3) is 3.10. The van der Waals surface area contributed by atoms with Gasteiger partial charge in [0.25, 0.3) is 0 Å². The molecule has 0 saturated carbocycles. The molecule has 0 aromatic heterocycles. The maximum atomic E-state index is 13.4. The van der Waals surface area contributed by atoms with Gasteiger partial charge in [0.05, 0.1) is 5.56 Å². The van der Waals surface area contributed by atoms with Crippen molar-refractivity contribution in [3.05, 3.63) is 59.4 Å². The number of hydrogen-bond acceptors (Lipinski definition) is 0. The standard InChI is InChI=1S/C12H5F5.C2H6/c13-7-3-1-2-6(4-7)10-8(14)5-9(15)11(16)12(10)17;1-2/h1-5H;1-2H3. The number of halogens is 5. The Kier molecular flexibility index (Phi) is 5.03. The van der Waals surface area contributed by atoms with E-state index in [0.29, 0.717) is 0 Å². The Hall–Kier alpha value is -1.91. The summed E-state index contributed by atoms with van der Waals surface area (Å²) in [7, 11) is 0. The van der Waals surface area contributed by atoms with E-state index < -0.39 is 34.6 Å². The van der Waals surface area contributed by atoms with Gasteiger partial charge in [-0.3, -0.25) is 0 Å². The van der Waals surface area contributed by atoms with Gasteiger partial charge in [0, 0.05) is 6.07 Å². The summed E-state index contributed by atoms with van der Waals surface area (Å²) in [4.78, 5) is 0. The van der Waals surface area contributed by atoms with E-state index >= 15 is 0 Å². The minimum absolute atomic E-state index is 0.195. The van der Waals surface area contributed by atoms with Gasteiger partial charge in [-0.2, -0.15) is 0 Å². The summed E-state index contributed by atoms with van der Waals surface area (Å²) in [6.45, 7) is 4.00. The van der Waals surface area contributed by atoms with Crippen LogP contribution >= 0.6 is 0 Å². The molecule has 0 amide bonds. The molecular weight excluding hydrogens is 263 g/mol. The molecular formula is C14H11F5. The normalized spacial score (nSPS) is 9.84. The molecule has 0 nitrogen and oxygen atoms in total. The van der Waals surface area contributed by atoms with E-state index in [9.17, 15) is 22.0 Å². The first-order valence-electron chi connectivity index (χ1n) is 5.59. The summed E-state index contributed by atoms with van der Waals surface area (Å²) >= 11 is 0. The van der Waals surface area contributed by atoms with E-state index in [2.05, 4.69) is 0 Å². The van der Waals surface area contributed by atoms with E-state index in [-0.39, 0.29) is 11.6 Å². The quantitative estimate of drug-likeness (QED) is 0.386. The van der Waals surface area contributed by atoms with Gasteiger partial charge in [-0.05, 0) is 17.7 Å². The zero-order valence-corrected chi connectivity index (χ0v) is 10.3. The molecule has 0 saturated heterocycles. The topological polar surface area (TPSA) is 0 Å². The highest BCUT2D eigenvalue weighted by atomic mass is 19.2. The van der Waals surface area contributed by atoms with Gasteiger partial charge >= 0.3 is 0 Å². The minimum atomic E-state index is -1.79. The van der Waals surface area contributed by atoms with Crippen LogP contribution in [0.5, 0.6) is 0 Å². The Bertz CT molecular complexity index is 578. The van der Waals surface area contributed by atoms with Crippen molar-refractivity contribution < 1.29 is 22.0 Å². The Morgan fingerprint density at radius 2 is 1.37 bits per heavy atom. The molecule has 0 aliphatic heterocycles. The Morgan fingerprint density at radius 3 is 1.95 bits per heavy atom. The van der Waals surface area contributed by atoms with Crippen LogP contribution in [0, 0.1) is 29.1 Å². The van der Waals surface area contributed by atoms with Crippen molar-refractivity contribution in [1.82, 2.24) is 0 Å². The molecule has 2 aromatic rings. The first-order valence-corrected chi connectivity index (χ1v) is 5.59. The van der Waals surface area contributed by atoms with Crippen molar-refractivity contribution in [2.45, 2.75) is 13.8 Å². The molecule has 2 rings (SSSR count). The molecule has 0 atom stereocenters. The monoisotopic (exact) mass is 274 g/mol. The first-order chi connectivity index (χ1) is 9.00. The maximum absolute atomic E-state index is 13.4. The van der Waals surface area contributed by atoms with Crippen LogP contribution in [0.4, 0.5) is 22.0 Å². The van der Waals surface area contributed by atoms with E-state index in [1.165, 1.54) is 12.1 Å². The lowest BCUT2D eigenvalue weighted by Gasteiger charge is -2.06. The van der Waals surface area contributed by atoms with Crippen LogP contribution in [-0.2, 0) is 0 Å². The summed E-state index contributed by atoms with van der Waals surface area (Å²) < 4.78 is 65.2. The Balaban J connectivity index is 0.000000861. The van der Waals surface area contributed by atoms with E-state index in [4.69, 9.17) is 0 Å². The fraction of sp³-hybridized carbons (Fsp3) is 0.143. The summed E-state index contributed by atoms with van der Waals surface area (Å²) in [6, 6.07) is 4.53.